The standard InChI is InChI=1S/C18H18Cl2N4O/c1-18(2,10-3-4-13(19)14(20)5-10)8-22-11-6-12(17(21)25)16-15(7-11)23-9-24-16/h3-7,9,22H,8H2,1-2H3,(H2,21,25)(H,23,24). The fraction of sp³-hybridized carbons (Fsp3) is 0.222. The maximum Gasteiger partial charge on any atom is 0.251 e. The third-order valence-corrected chi connectivity index (χ3v) is 4.96. The summed E-state index contributed by atoms with van der Waals surface area (Å²) in [6.07, 6.45) is 1.54. The lowest BCUT2D eigenvalue weighted by atomic mass is 9.84. The summed E-state index contributed by atoms with van der Waals surface area (Å²) >= 11 is 12.1. The molecule has 0 saturated carbocycles. The Bertz CT molecular complexity index is 949. The highest BCUT2D eigenvalue weighted by molar-refractivity contribution is 6.42. The van der Waals surface area contributed by atoms with Crippen molar-refractivity contribution < 1.29 is 4.79 Å². The highest BCUT2D eigenvalue weighted by atomic mass is 35.5. The summed E-state index contributed by atoms with van der Waals surface area (Å²) < 4.78 is 0. The van der Waals surface area contributed by atoms with Gasteiger partial charge >= 0.3 is 0 Å². The molecular weight excluding hydrogens is 359 g/mol. The summed E-state index contributed by atoms with van der Waals surface area (Å²) in [7, 11) is 0. The van der Waals surface area contributed by atoms with Crippen LogP contribution in [0.1, 0.15) is 29.8 Å². The number of imidazole rings is 1. The van der Waals surface area contributed by atoms with Gasteiger partial charge in [0.15, 0.2) is 0 Å². The molecule has 0 aliphatic rings. The Morgan fingerprint density at radius 2 is 2.00 bits per heavy atom. The van der Waals surface area contributed by atoms with Gasteiger partial charge < -0.3 is 16.0 Å². The predicted molar refractivity (Wildman–Crippen MR) is 103 cm³/mol. The Kier molecular flexibility index (Phi) is 4.62. The summed E-state index contributed by atoms with van der Waals surface area (Å²) in [6.45, 7) is 4.83. The SMILES string of the molecule is CC(C)(CNc1cc(C(N)=O)c2nc[nH]c2c1)c1ccc(Cl)c(Cl)c1. The first-order chi connectivity index (χ1) is 11.8. The number of aromatic amines is 1. The number of primary amides is 1. The van der Waals surface area contributed by atoms with Gasteiger partial charge in [-0.2, -0.15) is 0 Å². The number of amides is 1. The van der Waals surface area contributed by atoms with Crippen LogP contribution in [0.25, 0.3) is 11.0 Å². The van der Waals surface area contributed by atoms with E-state index in [4.69, 9.17) is 28.9 Å². The van der Waals surface area contributed by atoms with Gasteiger partial charge in [0.2, 0.25) is 0 Å². The fourth-order valence-corrected chi connectivity index (χ4v) is 2.98. The zero-order valence-corrected chi connectivity index (χ0v) is 15.4. The number of H-pyrrole nitrogens is 1. The molecular formula is C18H18Cl2N4O. The lowest BCUT2D eigenvalue weighted by Crippen LogP contribution is -2.27. The molecule has 0 unspecified atom stereocenters. The molecule has 0 spiro atoms. The number of fused-ring (bicyclic) bond motifs is 1. The summed E-state index contributed by atoms with van der Waals surface area (Å²) in [5, 5.41) is 4.43. The third kappa shape index (κ3) is 3.57. The molecule has 1 aromatic heterocycles. The van der Waals surface area contributed by atoms with E-state index in [0.29, 0.717) is 27.7 Å². The van der Waals surface area contributed by atoms with Gasteiger partial charge in [0, 0.05) is 17.6 Å². The van der Waals surface area contributed by atoms with Gasteiger partial charge in [0.25, 0.3) is 5.91 Å². The summed E-state index contributed by atoms with van der Waals surface area (Å²) in [5.74, 6) is -0.510. The van der Waals surface area contributed by atoms with Gasteiger partial charge in [-0.25, -0.2) is 4.98 Å². The Labute approximate surface area is 155 Å². The molecule has 130 valence electrons. The van der Waals surface area contributed by atoms with Gasteiger partial charge in [0.05, 0.1) is 27.5 Å². The minimum Gasteiger partial charge on any atom is -0.384 e. The number of nitrogens with two attached hydrogens (primary N) is 1. The molecule has 0 radical (unpaired) electrons. The summed E-state index contributed by atoms with van der Waals surface area (Å²) in [5.41, 5.74) is 8.82. The lowest BCUT2D eigenvalue weighted by molar-refractivity contribution is 0.100. The molecule has 0 bridgehead atoms. The van der Waals surface area contributed by atoms with Gasteiger partial charge in [-0.1, -0.05) is 43.1 Å². The minimum absolute atomic E-state index is 0.204. The van der Waals surface area contributed by atoms with Crippen LogP contribution in [-0.2, 0) is 5.41 Å². The minimum atomic E-state index is -0.510. The zero-order valence-electron chi connectivity index (χ0n) is 13.9. The van der Waals surface area contributed by atoms with Crippen LogP contribution in [0.2, 0.25) is 10.0 Å². The molecule has 4 N–H and O–H groups in total. The molecule has 3 aromatic rings. The molecule has 25 heavy (non-hydrogen) atoms. The van der Waals surface area contributed by atoms with Gasteiger partial charge in [-0.3, -0.25) is 4.79 Å². The van der Waals surface area contributed by atoms with Crippen molar-refractivity contribution in [3.05, 3.63) is 57.8 Å². The normalized spacial score (nSPS) is 11.7. The molecule has 0 fully saturated rings. The summed E-state index contributed by atoms with van der Waals surface area (Å²) in [4.78, 5) is 18.8. The van der Waals surface area contributed by atoms with E-state index in [2.05, 4.69) is 29.1 Å². The first-order valence-electron chi connectivity index (χ1n) is 7.74. The van der Waals surface area contributed by atoms with E-state index in [1.165, 1.54) is 0 Å². The summed E-state index contributed by atoms with van der Waals surface area (Å²) in [6, 6.07) is 9.25. The van der Waals surface area contributed by atoms with Crippen molar-refractivity contribution in [2.45, 2.75) is 19.3 Å². The number of carbonyl (C=O) groups excluding carboxylic acids is 1. The molecule has 5 nitrogen and oxygen atoms in total. The molecule has 0 atom stereocenters. The average Bonchev–Trinajstić information content (AvgIpc) is 3.03. The van der Waals surface area contributed by atoms with Crippen LogP contribution < -0.4 is 11.1 Å². The van der Waals surface area contributed by atoms with Gasteiger partial charge in [-0.15, -0.1) is 0 Å². The van der Waals surface area contributed by atoms with E-state index in [0.717, 1.165) is 16.8 Å². The Morgan fingerprint density at radius 3 is 2.68 bits per heavy atom. The third-order valence-electron chi connectivity index (χ3n) is 4.22. The topological polar surface area (TPSA) is 83.8 Å². The van der Waals surface area contributed by atoms with Crippen LogP contribution in [0.3, 0.4) is 0 Å². The molecule has 0 saturated heterocycles. The van der Waals surface area contributed by atoms with Crippen molar-refractivity contribution in [3.8, 4) is 0 Å². The van der Waals surface area contributed by atoms with Crippen LogP contribution in [-0.4, -0.2) is 22.4 Å². The van der Waals surface area contributed by atoms with E-state index in [-0.39, 0.29) is 5.41 Å². The van der Waals surface area contributed by atoms with Crippen molar-refractivity contribution in [1.82, 2.24) is 9.97 Å². The maximum atomic E-state index is 11.7. The molecule has 1 heterocycles. The van der Waals surface area contributed by atoms with E-state index >= 15 is 0 Å². The van der Waals surface area contributed by atoms with Crippen molar-refractivity contribution in [2.75, 3.05) is 11.9 Å². The fourth-order valence-electron chi connectivity index (χ4n) is 2.68. The first kappa shape index (κ1) is 17.6. The van der Waals surface area contributed by atoms with Crippen molar-refractivity contribution in [3.63, 3.8) is 0 Å². The number of carbonyl (C=O) groups is 1. The van der Waals surface area contributed by atoms with Crippen LogP contribution >= 0.6 is 23.2 Å². The van der Waals surface area contributed by atoms with E-state index < -0.39 is 5.91 Å². The monoisotopic (exact) mass is 376 g/mol. The number of hydrogen-bond acceptors (Lipinski definition) is 3. The first-order valence-corrected chi connectivity index (χ1v) is 8.50. The Hall–Kier alpha value is -2.24. The van der Waals surface area contributed by atoms with Crippen molar-refractivity contribution >= 4 is 45.8 Å². The number of nitrogens with zero attached hydrogens (tertiary/aromatic N) is 1. The largest absolute Gasteiger partial charge is 0.384 e. The number of benzene rings is 2. The number of hydrogen-bond donors (Lipinski definition) is 3. The Morgan fingerprint density at radius 1 is 1.24 bits per heavy atom. The molecule has 3 rings (SSSR count). The van der Waals surface area contributed by atoms with Gasteiger partial charge in [-0.05, 0) is 29.8 Å². The maximum absolute atomic E-state index is 11.7. The highest BCUT2D eigenvalue weighted by Gasteiger charge is 2.22. The number of aromatic nitrogens is 2. The average molecular weight is 377 g/mol. The van der Waals surface area contributed by atoms with Crippen LogP contribution in [0.15, 0.2) is 36.7 Å². The highest BCUT2D eigenvalue weighted by Crippen LogP contribution is 2.30. The number of nitrogens with one attached hydrogen (secondary N) is 2. The van der Waals surface area contributed by atoms with Crippen LogP contribution in [0.4, 0.5) is 5.69 Å². The zero-order chi connectivity index (χ0) is 18.2. The van der Waals surface area contributed by atoms with Crippen LogP contribution in [0, 0.1) is 0 Å². The molecule has 0 aliphatic heterocycles. The lowest BCUT2D eigenvalue weighted by Gasteiger charge is -2.27. The van der Waals surface area contributed by atoms with E-state index in [9.17, 15) is 4.79 Å². The molecule has 1 amide bonds. The van der Waals surface area contributed by atoms with E-state index in [1.54, 1.807) is 18.5 Å². The van der Waals surface area contributed by atoms with Gasteiger partial charge in [0.1, 0.15) is 5.52 Å². The second kappa shape index (κ2) is 6.58. The van der Waals surface area contributed by atoms with Crippen molar-refractivity contribution in [2.24, 2.45) is 5.73 Å². The van der Waals surface area contributed by atoms with E-state index in [1.807, 2.05) is 18.2 Å². The smallest absolute Gasteiger partial charge is 0.251 e. The Balaban J connectivity index is 1.86. The second-order valence-electron chi connectivity index (χ2n) is 6.55. The second-order valence-corrected chi connectivity index (χ2v) is 7.37. The van der Waals surface area contributed by atoms with Crippen LogP contribution in [0.5, 0.6) is 0 Å². The van der Waals surface area contributed by atoms with Crippen molar-refractivity contribution in [1.29, 1.82) is 0 Å². The molecule has 7 heteroatoms. The predicted octanol–water partition coefficient (Wildman–Crippen LogP) is 4.36. The number of rotatable bonds is 5. The number of halogens is 2. The molecule has 0 aliphatic carbocycles. The number of anilines is 1. The quantitative estimate of drug-likeness (QED) is 0.618. The molecule has 2 aromatic carbocycles.